The van der Waals surface area contributed by atoms with Crippen molar-refractivity contribution in [2.24, 2.45) is 0 Å². The van der Waals surface area contributed by atoms with Gasteiger partial charge in [0.15, 0.2) is 0 Å². The number of rotatable bonds is 6. The Morgan fingerprint density at radius 3 is 1.48 bits per heavy atom. The van der Waals surface area contributed by atoms with Crippen LogP contribution in [0.3, 0.4) is 0 Å². The number of anilines is 3. The molecule has 0 aliphatic rings. The number of benzene rings is 9. The number of nitrogens with zero attached hydrogens (tertiary/aromatic N) is 2. The predicted molar refractivity (Wildman–Crippen MR) is 221 cm³/mol. The fraction of sp³-hybridized carbons (Fsp3) is 0. The summed E-state index contributed by atoms with van der Waals surface area (Å²) >= 11 is 0. The molecule has 0 saturated carbocycles. The first-order valence-corrected chi connectivity index (χ1v) is 17.8. The van der Waals surface area contributed by atoms with Gasteiger partial charge in [0.1, 0.15) is 0 Å². The summed E-state index contributed by atoms with van der Waals surface area (Å²) < 4.78 is 2.45. The van der Waals surface area contributed by atoms with Gasteiger partial charge in [-0.25, -0.2) is 0 Å². The van der Waals surface area contributed by atoms with E-state index in [2.05, 4.69) is 216 Å². The third kappa shape index (κ3) is 5.12. The van der Waals surface area contributed by atoms with Gasteiger partial charge in [0.25, 0.3) is 0 Å². The van der Waals surface area contributed by atoms with Crippen LogP contribution in [-0.2, 0) is 0 Å². The Labute approximate surface area is 303 Å². The van der Waals surface area contributed by atoms with Crippen LogP contribution in [0.25, 0.3) is 71.3 Å². The van der Waals surface area contributed by atoms with Crippen molar-refractivity contribution in [3.8, 4) is 27.9 Å². The molecule has 244 valence electrons. The van der Waals surface area contributed by atoms with Gasteiger partial charge in [0.05, 0.1) is 11.0 Å². The first kappa shape index (κ1) is 30.0. The lowest BCUT2D eigenvalue weighted by atomic mass is 10.0. The molecule has 1 heterocycles. The van der Waals surface area contributed by atoms with Crippen molar-refractivity contribution < 1.29 is 0 Å². The second-order valence-corrected chi connectivity index (χ2v) is 13.4. The van der Waals surface area contributed by atoms with E-state index in [-0.39, 0.29) is 0 Å². The van der Waals surface area contributed by atoms with Gasteiger partial charge in [-0.2, -0.15) is 0 Å². The van der Waals surface area contributed by atoms with E-state index in [1.165, 1.54) is 65.6 Å². The zero-order valence-corrected chi connectivity index (χ0v) is 28.5. The smallest absolute Gasteiger partial charge is 0.0562 e. The van der Waals surface area contributed by atoms with E-state index in [4.69, 9.17) is 0 Å². The van der Waals surface area contributed by atoms with Gasteiger partial charge in [-0.05, 0) is 98.4 Å². The number of hydrogen-bond donors (Lipinski definition) is 0. The molecule has 52 heavy (non-hydrogen) atoms. The molecule has 0 atom stereocenters. The second-order valence-electron chi connectivity index (χ2n) is 13.4. The molecule has 0 fully saturated rings. The highest BCUT2D eigenvalue weighted by Crippen LogP contribution is 2.42. The molecule has 0 saturated heterocycles. The highest BCUT2D eigenvalue weighted by Gasteiger charge is 2.19. The van der Waals surface area contributed by atoms with Crippen LogP contribution in [0.1, 0.15) is 0 Å². The molecule has 10 aromatic rings. The van der Waals surface area contributed by atoms with Gasteiger partial charge in [-0.1, -0.05) is 152 Å². The molecule has 0 N–H and O–H groups in total. The van der Waals surface area contributed by atoms with Gasteiger partial charge < -0.3 is 9.47 Å². The third-order valence-corrected chi connectivity index (χ3v) is 10.4. The van der Waals surface area contributed by atoms with Crippen LogP contribution < -0.4 is 4.90 Å². The fourth-order valence-electron chi connectivity index (χ4n) is 7.82. The second kappa shape index (κ2) is 12.5. The average Bonchev–Trinajstić information content (AvgIpc) is 3.56. The Hall–Kier alpha value is -6.90. The Balaban J connectivity index is 1.20. The SMILES string of the molecule is c1ccc(-c2ccc(N(c3ccc(-c4ccccc4)cc3)c3ccc4c5c6ccccc6ccc5n(-c5ccc6ccccc6c5)c4c3)cc2)cc1. The van der Waals surface area contributed by atoms with Crippen molar-refractivity contribution in [1.29, 1.82) is 0 Å². The summed E-state index contributed by atoms with van der Waals surface area (Å²) in [6.45, 7) is 0. The molecule has 2 heteroatoms. The first-order valence-electron chi connectivity index (χ1n) is 17.8. The van der Waals surface area contributed by atoms with Crippen molar-refractivity contribution >= 4 is 60.4 Å². The maximum atomic E-state index is 2.45. The molecule has 10 rings (SSSR count). The lowest BCUT2D eigenvalue weighted by Crippen LogP contribution is -2.10. The first-order chi connectivity index (χ1) is 25.8. The topological polar surface area (TPSA) is 8.17 Å². The molecule has 0 spiro atoms. The van der Waals surface area contributed by atoms with Crippen molar-refractivity contribution in [3.05, 3.63) is 206 Å². The summed E-state index contributed by atoms with van der Waals surface area (Å²) in [5.74, 6) is 0. The van der Waals surface area contributed by atoms with Crippen molar-refractivity contribution in [3.63, 3.8) is 0 Å². The summed E-state index contributed by atoms with van der Waals surface area (Å²) in [6, 6.07) is 74.7. The summed E-state index contributed by atoms with van der Waals surface area (Å²) in [6.07, 6.45) is 0. The normalized spacial score (nSPS) is 11.5. The molecule has 2 nitrogen and oxygen atoms in total. The minimum absolute atomic E-state index is 1.10. The minimum Gasteiger partial charge on any atom is -0.310 e. The molecule has 0 unspecified atom stereocenters. The van der Waals surface area contributed by atoms with E-state index in [1.54, 1.807) is 0 Å². The van der Waals surface area contributed by atoms with Crippen LogP contribution in [0.2, 0.25) is 0 Å². The molecule has 0 radical (unpaired) electrons. The average molecular weight is 663 g/mol. The van der Waals surface area contributed by atoms with Crippen LogP contribution in [0.5, 0.6) is 0 Å². The summed E-state index contributed by atoms with van der Waals surface area (Å²) in [5, 5.41) is 7.49. The van der Waals surface area contributed by atoms with Crippen LogP contribution in [0.15, 0.2) is 206 Å². The highest BCUT2D eigenvalue weighted by atomic mass is 15.1. The summed E-state index contributed by atoms with van der Waals surface area (Å²) in [5.41, 5.74) is 11.6. The molecule has 0 bridgehead atoms. The van der Waals surface area contributed by atoms with E-state index in [9.17, 15) is 0 Å². The minimum atomic E-state index is 1.10. The van der Waals surface area contributed by atoms with E-state index >= 15 is 0 Å². The van der Waals surface area contributed by atoms with E-state index in [1.807, 2.05) is 0 Å². The Kier molecular flexibility index (Phi) is 7.18. The lowest BCUT2D eigenvalue weighted by molar-refractivity contribution is 1.18. The maximum absolute atomic E-state index is 2.45. The monoisotopic (exact) mass is 662 g/mol. The number of fused-ring (bicyclic) bond motifs is 6. The van der Waals surface area contributed by atoms with Crippen LogP contribution in [-0.4, -0.2) is 4.57 Å². The van der Waals surface area contributed by atoms with Crippen LogP contribution in [0, 0.1) is 0 Å². The fourth-order valence-corrected chi connectivity index (χ4v) is 7.82. The number of hydrogen-bond acceptors (Lipinski definition) is 1. The Morgan fingerprint density at radius 2 is 0.827 bits per heavy atom. The molecule has 9 aromatic carbocycles. The molecule has 0 aliphatic carbocycles. The van der Waals surface area contributed by atoms with Crippen molar-refractivity contribution in [2.45, 2.75) is 0 Å². The number of aromatic nitrogens is 1. The molecule has 0 aliphatic heterocycles. The Morgan fingerprint density at radius 1 is 0.308 bits per heavy atom. The molecular weight excluding hydrogens is 629 g/mol. The third-order valence-electron chi connectivity index (χ3n) is 10.4. The van der Waals surface area contributed by atoms with Crippen molar-refractivity contribution in [1.82, 2.24) is 4.57 Å². The van der Waals surface area contributed by atoms with Gasteiger partial charge in [0.2, 0.25) is 0 Å². The Bertz CT molecular complexity index is 2790. The van der Waals surface area contributed by atoms with Crippen LogP contribution >= 0.6 is 0 Å². The van der Waals surface area contributed by atoms with Gasteiger partial charge in [0, 0.05) is 33.5 Å². The van der Waals surface area contributed by atoms with Gasteiger partial charge in [-0.15, -0.1) is 0 Å². The largest absolute Gasteiger partial charge is 0.310 e. The van der Waals surface area contributed by atoms with Crippen molar-refractivity contribution in [2.75, 3.05) is 4.90 Å². The maximum Gasteiger partial charge on any atom is 0.0562 e. The standard InChI is InChI=1S/C50H34N2/c1-3-11-35(12-4-1)38-19-25-42(26-20-38)51(43-27-21-39(22-28-43)36-13-5-2-6-14-36)45-30-31-47-49(34-45)52(44-29-23-37-15-7-8-17-41(37)33-44)48-32-24-40-16-9-10-18-46(40)50(47)48/h1-34H. The highest BCUT2D eigenvalue weighted by molar-refractivity contribution is 6.21. The van der Waals surface area contributed by atoms with E-state index in [0.717, 1.165) is 22.7 Å². The zero-order chi connectivity index (χ0) is 34.4. The summed E-state index contributed by atoms with van der Waals surface area (Å²) in [4.78, 5) is 2.38. The predicted octanol–water partition coefficient (Wildman–Crippen LogP) is 13.9. The molecule has 1 aromatic heterocycles. The molecular formula is C50H34N2. The van der Waals surface area contributed by atoms with Gasteiger partial charge >= 0.3 is 0 Å². The zero-order valence-electron chi connectivity index (χ0n) is 28.5. The van der Waals surface area contributed by atoms with E-state index in [0.29, 0.717) is 0 Å². The van der Waals surface area contributed by atoms with Crippen LogP contribution in [0.4, 0.5) is 17.1 Å². The van der Waals surface area contributed by atoms with E-state index < -0.39 is 0 Å². The summed E-state index contributed by atoms with van der Waals surface area (Å²) in [7, 11) is 0. The lowest BCUT2D eigenvalue weighted by Gasteiger charge is -2.26. The van der Waals surface area contributed by atoms with Gasteiger partial charge in [-0.3, -0.25) is 0 Å². The quantitative estimate of drug-likeness (QED) is 0.172. The molecule has 0 amide bonds.